The third-order valence-corrected chi connectivity index (χ3v) is 2.79. The van der Waals surface area contributed by atoms with Gasteiger partial charge in [-0.25, -0.2) is 13.2 Å². The summed E-state index contributed by atoms with van der Waals surface area (Å²) >= 11 is 3.23. The lowest BCUT2D eigenvalue weighted by molar-refractivity contribution is 0.496. The molecule has 0 amide bonds. The Kier molecular flexibility index (Phi) is 3.47. The minimum atomic E-state index is -1.23. The van der Waals surface area contributed by atoms with E-state index in [1.54, 1.807) is 18.2 Å². The summed E-state index contributed by atoms with van der Waals surface area (Å²) in [6.07, 6.45) is 0. The van der Waals surface area contributed by atoms with Crippen molar-refractivity contribution in [1.29, 1.82) is 0 Å². The Morgan fingerprint density at radius 2 is 1.56 bits per heavy atom. The van der Waals surface area contributed by atoms with Crippen LogP contribution in [0.1, 0.15) is 0 Å². The van der Waals surface area contributed by atoms with Gasteiger partial charge in [0.1, 0.15) is 5.82 Å². The Hall–Kier alpha value is -1.69. The topological polar surface area (TPSA) is 38.0 Å². The molecule has 0 heterocycles. The number of nitrogen functional groups attached to an aromatic ring is 1. The van der Waals surface area contributed by atoms with Gasteiger partial charge in [0.05, 0.1) is 17.1 Å². The summed E-state index contributed by atoms with van der Waals surface area (Å²) in [5, 5.41) is 2.61. The molecule has 94 valence electrons. The first-order valence-electron chi connectivity index (χ1n) is 4.94. The molecule has 0 aliphatic carbocycles. The third kappa shape index (κ3) is 2.59. The van der Waals surface area contributed by atoms with Crippen molar-refractivity contribution >= 4 is 33.0 Å². The fourth-order valence-electron chi connectivity index (χ4n) is 1.41. The van der Waals surface area contributed by atoms with Crippen LogP contribution in [0.25, 0.3) is 0 Å². The summed E-state index contributed by atoms with van der Waals surface area (Å²) in [5.41, 5.74) is 6.29. The molecule has 0 radical (unpaired) electrons. The van der Waals surface area contributed by atoms with Crippen molar-refractivity contribution in [3.05, 3.63) is 52.3 Å². The van der Waals surface area contributed by atoms with Crippen molar-refractivity contribution < 1.29 is 13.2 Å². The molecule has 0 aromatic heterocycles. The summed E-state index contributed by atoms with van der Waals surface area (Å²) in [6.45, 7) is 0. The molecule has 0 saturated carbocycles. The van der Waals surface area contributed by atoms with Crippen molar-refractivity contribution in [3.63, 3.8) is 0 Å². The second-order valence-corrected chi connectivity index (χ2v) is 4.52. The van der Waals surface area contributed by atoms with Crippen molar-refractivity contribution in [3.8, 4) is 0 Å². The predicted molar refractivity (Wildman–Crippen MR) is 68.2 cm³/mol. The lowest BCUT2D eigenvalue weighted by Crippen LogP contribution is -2.00. The molecule has 0 bridgehead atoms. The highest BCUT2D eigenvalue weighted by Gasteiger charge is 2.10. The average Bonchev–Trinajstić information content (AvgIpc) is 2.29. The Labute approximate surface area is 110 Å². The number of nitrogens with two attached hydrogens (primary N) is 1. The van der Waals surface area contributed by atoms with Crippen LogP contribution in [0.3, 0.4) is 0 Å². The quantitative estimate of drug-likeness (QED) is 0.644. The van der Waals surface area contributed by atoms with Gasteiger partial charge in [0, 0.05) is 16.6 Å². The summed E-state index contributed by atoms with van der Waals surface area (Å²) in [7, 11) is 0. The molecule has 0 unspecified atom stereocenters. The van der Waals surface area contributed by atoms with E-state index in [0.717, 1.165) is 10.5 Å². The summed E-state index contributed by atoms with van der Waals surface area (Å²) < 4.78 is 39.9. The zero-order valence-corrected chi connectivity index (χ0v) is 10.6. The maximum atomic E-state index is 13.4. The van der Waals surface area contributed by atoms with Gasteiger partial charge in [-0.15, -0.1) is 0 Å². The van der Waals surface area contributed by atoms with E-state index < -0.39 is 17.5 Å². The molecular weight excluding hydrogens is 309 g/mol. The largest absolute Gasteiger partial charge is 0.397 e. The highest BCUT2D eigenvalue weighted by atomic mass is 79.9. The van der Waals surface area contributed by atoms with Gasteiger partial charge in [-0.1, -0.05) is 15.9 Å². The molecule has 0 aliphatic heterocycles. The molecule has 0 saturated heterocycles. The van der Waals surface area contributed by atoms with E-state index >= 15 is 0 Å². The lowest BCUT2D eigenvalue weighted by atomic mass is 10.2. The first-order valence-corrected chi connectivity index (χ1v) is 5.73. The number of nitrogens with one attached hydrogen (secondary N) is 1. The highest BCUT2D eigenvalue weighted by Crippen LogP contribution is 2.28. The van der Waals surface area contributed by atoms with Gasteiger partial charge in [-0.3, -0.25) is 0 Å². The summed E-state index contributed by atoms with van der Waals surface area (Å²) in [6, 6.07) is 6.12. The fourth-order valence-corrected chi connectivity index (χ4v) is 1.79. The molecule has 2 nitrogen and oxygen atoms in total. The van der Waals surface area contributed by atoms with E-state index in [-0.39, 0.29) is 5.69 Å². The van der Waals surface area contributed by atoms with Crippen molar-refractivity contribution in [2.75, 3.05) is 11.1 Å². The third-order valence-electron chi connectivity index (χ3n) is 2.29. The maximum absolute atomic E-state index is 13.4. The zero-order valence-electron chi connectivity index (χ0n) is 8.98. The molecule has 0 spiro atoms. The van der Waals surface area contributed by atoms with Crippen LogP contribution in [0.5, 0.6) is 0 Å². The van der Waals surface area contributed by atoms with Crippen LogP contribution < -0.4 is 11.1 Å². The molecule has 3 N–H and O–H groups in total. The molecule has 0 aliphatic rings. The Morgan fingerprint density at radius 3 is 2.22 bits per heavy atom. The monoisotopic (exact) mass is 316 g/mol. The number of benzene rings is 2. The van der Waals surface area contributed by atoms with E-state index in [1.807, 2.05) is 0 Å². The number of rotatable bonds is 2. The predicted octanol–water partition coefficient (Wildman–Crippen LogP) is 4.19. The van der Waals surface area contributed by atoms with Crippen LogP contribution in [0, 0.1) is 17.5 Å². The SMILES string of the molecule is Nc1cc(Br)ccc1Nc1cc(F)c(F)cc1F. The van der Waals surface area contributed by atoms with Crippen molar-refractivity contribution in [2.45, 2.75) is 0 Å². The number of hydrogen-bond donors (Lipinski definition) is 2. The molecule has 18 heavy (non-hydrogen) atoms. The normalized spacial score (nSPS) is 10.4. The summed E-state index contributed by atoms with van der Waals surface area (Å²) in [5.74, 6) is -3.26. The highest BCUT2D eigenvalue weighted by molar-refractivity contribution is 9.10. The first kappa shape index (κ1) is 12.8. The molecule has 2 rings (SSSR count). The van der Waals surface area contributed by atoms with E-state index in [2.05, 4.69) is 21.2 Å². The van der Waals surface area contributed by atoms with Crippen LogP contribution in [-0.2, 0) is 0 Å². The van der Waals surface area contributed by atoms with Gasteiger partial charge in [0.25, 0.3) is 0 Å². The second-order valence-electron chi connectivity index (χ2n) is 3.60. The minimum absolute atomic E-state index is 0.178. The van der Waals surface area contributed by atoms with Crippen LogP contribution in [0.2, 0.25) is 0 Å². The standard InChI is InChI=1S/C12H8BrF3N2/c13-6-1-2-11(10(17)3-6)18-12-5-8(15)7(14)4-9(12)16/h1-5,18H,17H2. The van der Waals surface area contributed by atoms with Crippen LogP contribution in [0.4, 0.5) is 30.2 Å². The Balaban J connectivity index is 2.37. The molecule has 0 fully saturated rings. The molecule has 2 aromatic carbocycles. The van der Waals surface area contributed by atoms with E-state index in [1.165, 1.54) is 0 Å². The fraction of sp³-hybridized carbons (Fsp3) is 0. The smallest absolute Gasteiger partial charge is 0.161 e. The van der Waals surface area contributed by atoms with E-state index in [9.17, 15) is 13.2 Å². The number of hydrogen-bond acceptors (Lipinski definition) is 2. The molecule has 6 heteroatoms. The van der Waals surface area contributed by atoms with Crippen molar-refractivity contribution in [1.82, 2.24) is 0 Å². The van der Waals surface area contributed by atoms with Gasteiger partial charge >= 0.3 is 0 Å². The number of anilines is 3. The van der Waals surface area contributed by atoms with Gasteiger partial charge in [-0.05, 0) is 18.2 Å². The second kappa shape index (κ2) is 4.89. The van der Waals surface area contributed by atoms with E-state index in [0.29, 0.717) is 17.4 Å². The van der Waals surface area contributed by atoms with Gasteiger partial charge in [-0.2, -0.15) is 0 Å². The Bertz CT molecular complexity index is 602. The van der Waals surface area contributed by atoms with E-state index in [4.69, 9.17) is 5.73 Å². The van der Waals surface area contributed by atoms with Crippen molar-refractivity contribution in [2.24, 2.45) is 0 Å². The zero-order chi connectivity index (χ0) is 13.3. The first-order chi connectivity index (χ1) is 8.47. The molecule has 0 atom stereocenters. The molecular formula is C12H8BrF3N2. The van der Waals surface area contributed by atoms with Crippen LogP contribution in [0.15, 0.2) is 34.8 Å². The summed E-state index contributed by atoms with van der Waals surface area (Å²) in [4.78, 5) is 0. The Morgan fingerprint density at radius 1 is 0.889 bits per heavy atom. The van der Waals surface area contributed by atoms with Gasteiger partial charge in [0.2, 0.25) is 0 Å². The van der Waals surface area contributed by atoms with Gasteiger partial charge < -0.3 is 11.1 Å². The maximum Gasteiger partial charge on any atom is 0.161 e. The minimum Gasteiger partial charge on any atom is -0.397 e. The molecule has 2 aromatic rings. The average molecular weight is 317 g/mol. The van der Waals surface area contributed by atoms with Gasteiger partial charge in [0.15, 0.2) is 11.6 Å². The number of halogens is 4. The van der Waals surface area contributed by atoms with Crippen LogP contribution in [-0.4, -0.2) is 0 Å². The van der Waals surface area contributed by atoms with Crippen LogP contribution >= 0.6 is 15.9 Å². The lowest BCUT2D eigenvalue weighted by Gasteiger charge is -2.10.